The molecule has 0 heterocycles. The molecule has 8 heteroatoms. The molecule has 1 fully saturated rings. The summed E-state index contributed by atoms with van der Waals surface area (Å²) in [6, 6.07) is 12.7. The van der Waals surface area contributed by atoms with E-state index in [-0.39, 0.29) is 11.9 Å². The molecule has 0 aromatic heterocycles. The van der Waals surface area contributed by atoms with Crippen molar-refractivity contribution in [3.05, 3.63) is 65.2 Å². The smallest absolute Gasteiger partial charge is 0.408 e. The molecule has 0 radical (unpaired) electrons. The van der Waals surface area contributed by atoms with Gasteiger partial charge in [-0.05, 0) is 69.7 Å². The number of aliphatic hydroxyl groups excluding tert-OH is 1. The molecule has 2 aromatic carbocycles. The number of para-hydroxylation sites is 1. The van der Waals surface area contributed by atoms with Gasteiger partial charge in [0.2, 0.25) is 5.91 Å². The molecule has 194 valence electrons. The number of amides is 3. The minimum Gasteiger partial charge on any atom is -0.444 e. The topological polar surface area (TPSA) is 108 Å². The second-order valence-corrected chi connectivity index (χ2v) is 10.2. The number of alkyl carbamates (subject to hydrolysis) is 1. The zero-order chi connectivity index (χ0) is 26.5. The molecule has 1 aliphatic carbocycles. The van der Waals surface area contributed by atoms with Crippen LogP contribution in [0.3, 0.4) is 0 Å². The van der Waals surface area contributed by atoms with E-state index in [1.165, 1.54) is 4.90 Å². The Bertz CT molecular complexity index is 1070. The van der Waals surface area contributed by atoms with Crippen molar-refractivity contribution < 1.29 is 24.2 Å². The molecule has 2 unspecified atom stereocenters. The van der Waals surface area contributed by atoms with E-state index in [9.17, 15) is 19.5 Å². The van der Waals surface area contributed by atoms with Gasteiger partial charge < -0.3 is 25.4 Å². The van der Waals surface area contributed by atoms with Crippen molar-refractivity contribution in [2.45, 2.75) is 77.6 Å². The van der Waals surface area contributed by atoms with Gasteiger partial charge in [-0.3, -0.25) is 9.59 Å². The maximum absolute atomic E-state index is 13.7. The second kappa shape index (κ2) is 11.6. The zero-order valence-corrected chi connectivity index (χ0v) is 21.7. The van der Waals surface area contributed by atoms with Crippen LogP contribution in [-0.2, 0) is 20.7 Å². The summed E-state index contributed by atoms with van der Waals surface area (Å²) in [6.07, 6.45) is 1.51. The highest BCUT2D eigenvalue weighted by Gasteiger charge is 2.44. The number of aryl methyl sites for hydroxylation is 2. The number of hydrogen-bond donors (Lipinski definition) is 3. The molecule has 0 saturated heterocycles. The number of carbonyl (C=O) groups excluding carboxylic acids is 3. The number of aliphatic hydroxyl groups is 1. The standard InChI is InChI=1S/C28H37N3O5/c1-6-19-11-13-20(14-12-19)24(25(33)29-22-10-8-7-9-18(22)2)31(21-15-16-21)26(34)23(17-32)30-27(35)36-28(3,4)5/h7-14,21,23-24,32H,6,15-17H2,1-5H3,(H,29,33)(H,30,35). The third-order valence-corrected chi connectivity index (χ3v) is 6.00. The summed E-state index contributed by atoms with van der Waals surface area (Å²) in [6.45, 7) is 8.46. The molecule has 1 aliphatic rings. The third-order valence-electron chi connectivity index (χ3n) is 6.00. The lowest BCUT2D eigenvalue weighted by Gasteiger charge is -2.34. The zero-order valence-electron chi connectivity index (χ0n) is 21.7. The van der Waals surface area contributed by atoms with E-state index in [1.54, 1.807) is 20.8 Å². The molecule has 3 rings (SSSR count). The van der Waals surface area contributed by atoms with Gasteiger partial charge in [0, 0.05) is 11.7 Å². The lowest BCUT2D eigenvalue weighted by atomic mass is 10.00. The Morgan fingerprint density at radius 3 is 2.25 bits per heavy atom. The highest BCUT2D eigenvalue weighted by molar-refractivity contribution is 5.99. The summed E-state index contributed by atoms with van der Waals surface area (Å²) >= 11 is 0. The molecule has 0 aliphatic heterocycles. The minimum atomic E-state index is -1.25. The number of anilines is 1. The van der Waals surface area contributed by atoms with Crippen LogP contribution in [0.2, 0.25) is 0 Å². The first kappa shape index (κ1) is 27.2. The van der Waals surface area contributed by atoms with Gasteiger partial charge in [-0.1, -0.05) is 49.4 Å². The van der Waals surface area contributed by atoms with Crippen molar-refractivity contribution in [2.24, 2.45) is 0 Å². The van der Waals surface area contributed by atoms with Gasteiger partial charge in [0.15, 0.2) is 0 Å². The molecule has 8 nitrogen and oxygen atoms in total. The Labute approximate surface area is 213 Å². The fourth-order valence-corrected chi connectivity index (χ4v) is 3.97. The molecule has 0 bridgehead atoms. The van der Waals surface area contributed by atoms with Crippen LogP contribution in [0.15, 0.2) is 48.5 Å². The van der Waals surface area contributed by atoms with E-state index in [0.29, 0.717) is 11.3 Å². The number of rotatable bonds is 9. The average Bonchev–Trinajstić information content (AvgIpc) is 3.66. The minimum absolute atomic E-state index is 0.176. The first-order chi connectivity index (χ1) is 17.0. The van der Waals surface area contributed by atoms with Gasteiger partial charge >= 0.3 is 6.09 Å². The summed E-state index contributed by atoms with van der Waals surface area (Å²) in [5.74, 6) is -0.891. The Kier molecular flexibility index (Phi) is 8.74. The first-order valence-electron chi connectivity index (χ1n) is 12.4. The van der Waals surface area contributed by atoms with Crippen molar-refractivity contribution in [2.75, 3.05) is 11.9 Å². The largest absolute Gasteiger partial charge is 0.444 e. The predicted octanol–water partition coefficient (Wildman–Crippen LogP) is 4.11. The maximum Gasteiger partial charge on any atom is 0.408 e. The summed E-state index contributed by atoms with van der Waals surface area (Å²) in [5, 5.41) is 15.5. The third kappa shape index (κ3) is 7.07. The highest BCUT2D eigenvalue weighted by atomic mass is 16.6. The van der Waals surface area contributed by atoms with Crippen LogP contribution in [0, 0.1) is 6.92 Å². The number of nitrogens with one attached hydrogen (secondary N) is 2. The SMILES string of the molecule is CCc1ccc(C(C(=O)Nc2ccccc2C)N(C(=O)C(CO)NC(=O)OC(C)(C)C)C2CC2)cc1. The number of carbonyl (C=O) groups is 3. The Morgan fingerprint density at radius 1 is 1.08 bits per heavy atom. The maximum atomic E-state index is 13.7. The van der Waals surface area contributed by atoms with Crippen molar-refractivity contribution in [1.29, 1.82) is 0 Å². The predicted molar refractivity (Wildman–Crippen MR) is 138 cm³/mol. The van der Waals surface area contributed by atoms with Crippen LogP contribution in [-0.4, -0.2) is 52.2 Å². The van der Waals surface area contributed by atoms with Gasteiger partial charge in [0.05, 0.1) is 6.61 Å². The fourth-order valence-electron chi connectivity index (χ4n) is 3.97. The van der Waals surface area contributed by atoms with E-state index in [2.05, 4.69) is 10.6 Å². The van der Waals surface area contributed by atoms with Crippen molar-refractivity contribution >= 4 is 23.6 Å². The normalized spacial score (nSPS) is 14.9. The van der Waals surface area contributed by atoms with Crippen LogP contribution in [0.25, 0.3) is 0 Å². The summed E-state index contributed by atoms with van der Waals surface area (Å²) in [7, 11) is 0. The van der Waals surface area contributed by atoms with Crippen molar-refractivity contribution in [3.63, 3.8) is 0 Å². The molecule has 36 heavy (non-hydrogen) atoms. The van der Waals surface area contributed by atoms with Gasteiger partial charge in [0.1, 0.15) is 17.7 Å². The quantitative estimate of drug-likeness (QED) is 0.485. The first-order valence-corrected chi connectivity index (χ1v) is 12.4. The number of ether oxygens (including phenoxy) is 1. The average molecular weight is 496 g/mol. The molecule has 2 aromatic rings. The second-order valence-electron chi connectivity index (χ2n) is 10.2. The van der Waals surface area contributed by atoms with Crippen LogP contribution in [0.5, 0.6) is 0 Å². The molecule has 3 N–H and O–H groups in total. The number of benzene rings is 2. The van der Waals surface area contributed by atoms with E-state index >= 15 is 0 Å². The lowest BCUT2D eigenvalue weighted by Crippen LogP contribution is -2.54. The number of hydrogen-bond acceptors (Lipinski definition) is 5. The molecule has 1 saturated carbocycles. The van der Waals surface area contributed by atoms with Crippen LogP contribution >= 0.6 is 0 Å². The van der Waals surface area contributed by atoms with Crippen LogP contribution < -0.4 is 10.6 Å². The molecular formula is C28H37N3O5. The monoisotopic (exact) mass is 495 g/mol. The van der Waals surface area contributed by atoms with E-state index < -0.39 is 36.3 Å². The molecular weight excluding hydrogens is 458 g/mol. The van der Waals surface area contributed by atoms with Gasteiger partial charge in [-0.25, -0.2) is 4.79 Å². The van der Waals surface area contributed by atoms with E-state index in [1.807, 2.05) is 62.4 Å². The van der Waals surface area contributed by atoms with Gasteiger partial charge in [0.25, 0.3) is 5.91 Å². The fraction of sp³-hybridized carbons (Fsp3) is 0.464. The Balaban J connectivity index is 1.95. The Morgan fingerprint density at radius 2 is 1.72 bits per heavy atom. The van der Waals surface area contributed by atoms with Gasteiger partial charge in [-0.15, -0.1) is 0 Å². The molecule has 3 amide bonds. The summed E-state index contributed by atoms with van der Waals surface area (Å²) in [5.41, 5.74) is 2.57. The van der Waals surface area contributed by atoms with Crippen LogP contribution in [0.4, 0.5) is 10.5 Å². The highest BCUT2D eigenvalue weighted by Crippen LogP contribution is 2.36. The lowest BCUT2D eigenvalue weighted by molar-refractivity contribution is -0.142. The number of nitrogens with zero attached hydrogens (tertiary/aromatic N) is 1. The molecule has 2 atom stereocenters. The van der Waals surface area contributed by atoms with Gasteiger partial charge in [-0.2, -0.15) is 0 Å². The van der Waals surface area contributed by atoms with E-state index in [0.717, 1.165) is 30.4 Å². The van der Waals surface area contributed by atoms with Crippen LogP contribution in [0.1, 0.15) is 63.3 Å². The Hall–Kier alpha value is -3.39. The summed E-state index contributed by atoms with van der Waals surface area (Å²) < 4.78 is 5.28. The summed E-state index contributed by atoms with van der Waals surface area (Å²) in [4.78, 5) is 41.3. The van der Waals surface area contributed by atoms with Crippen molar-refractivity contribution in [3.8, 4) is 0 Å². The molecule has 0 spiro atoms. The van der Waals surface area contributed by atoms with E-state index in [4.69, 9.17) is 4.74 Å². The van der Waals surface area contributed by atoms with Crippen molar-refractivity contribution in [1.82, 2.24) is 10.2 Å².